The van der Waals surface area contributed by atoms with E-state index in [2.05, 4.69) is 0 Å². The van der Waals surface area contributed by atoms with Gasteiger partial charge < -0.3 is 5.11 Å². The lowest BCUT2D eigenvalue weighted by Gasteiger charge is -2.14. The van der Waals surface area contributed by atoms with E-state index in [4.69, 9.17) is 5.11 Å². The van der Waals surface area contributed by atoms with Gasteiger partial charge in [-0.25, -0.2) is 4.39 Å². The van der Waals surface area contributed by atoms with E-state index < -0.39 is 0 Å². The maximum Gasteiger partial charge on any atom is 0.123 e. The topological polar surface area (TPSA) is 23.5 Å². The summed E-state index contributed by atoms with van der Waals surface area (Å²) in [4.78, 5) is 1.94. The van der Waals surface area contributed by atoms with Crippen LogP contribution >= 0.6 is 17.0 Å². The van der Waals surface area contributed by atoms with Crippen molar-refractivity contribution in [1.29, 1.82) is 0 Å². The Kier molecular flexibility index (Phi) is 6.70. The maximum atomic E-state index is 12.7. The number of halogens is 2. The SMILES string of the molecule is Br.CN(CCO)Cc1cccc(F)c1. The lowest BCUT2D eigenvalue weighted by molar-refractivity contribution is 0.217. The molecule has 0 saturated heterocycles. The van der Waals surface area contributed by atoms with Crippen LogP contribution in [-0.2, 0) is 6.54 Å². The minimum Gasteiger partial charge on any atom is -0.395 e. The second kappa shape index (κ2) is 6.92. The van der Waals surface area contributed by atoms with E-state index in [1.54, 1.807) is 6.07 Å². The molecule has 0 heterocycles. The number of likely N-dealkylation sites (N-methyl/N-ethyl adjacent to an activating group) is 1. The molecule has 0 saturated carbocycles. The Labute approximate surface area is 94.1 Å². The van der Waals surface area contributed by atoms with E-state index in [1.807, 2.05) is 18.0 Å². The van der Waals surface area contributed by atoms with Crippen molar-refractivity contribution in [3.63, 3.8) is 0 Å². The summed E-state index contributed by atoms with van der Waals surface area (Å²) in [6.07, 6.45) is 0. The fourth-order valence-electron chi connectivity index (χ4n) is 1.20. The van der Waals surface area contributed by atoms with Crippen LogP contribution in [0, 0.1) is 5.82 Å². The lowest BCUT2D eigenvalue weighted by atomic mass is 10.2. The molecular weight excluding hydrogens is 249 g/mol. The molecule has 0 radical (unpaired) electrons. The number of aliphatic hydroxyl groups is 1. The van der Waals surface area contributed by atoms with Crippen LogP contribution in [0.5, 0.6) is 0 Å². The average molecular weight is 264 g/mol. The molecule has 1 aromatic rings. The van der Waals surface area contributed by atoms with E-state index in [0.29, 0.717) is 13.1 Å². The molecule has 14 heavy (non-hydrogen) atoms. The van der Waals surface area contributed by atoms with Crippen molar-refractivity contribution in [3.05, 3.63) is 35.6 Å². The number of hydrogen-bond donors (Lipinski definition) is 1. The predicted octanol–water partition coefficient (Wildman–Crippen LogP) is 1.83. The molecule has 0 aromatic heterocycles. The van der Waals surface area contributed by atoms with Crippen LogP contribution < -0.4 is 0 Å². The van der Waals surface area contributed by atoms with Crippen molar-refractivity contribution >= 4 is 17.0 Å². The first-order valence-electron chi connectivity index (χ1n) is 4.26. The number of hydrogen-bond acceptors (Lipinski definition) is 2. The highest BCUT2D eigenvalue weighted by molar-refractivity contribution is 8.93. The lowest BCUT2D eigenvalue weighted by Crippen LogP contribution is -2.21. The summed E-state index contributed by atoms with van der Waals surface area (Å²) in [5, 5.41) is 8.65. The van der Waals surface area contributed by atoms with Crippen molar-refractivity contribution in [3.8, 4) is 0 Å². The van der Waals surface area contributed by atoms with Gasteiger partial charge in [-0.05, 0) is 24.7 Å². The van der Waals surface area contributed by atoms with Gasteiger partial charge in [0, 0.05) is 13.1 Å². The van der Waals surface area contributed by atoms with Gasteiger partial charge in [0.25, 0.3) is 0 Å². The Morgan fingerprint density at radius 1 is 1.43 bits per heavy atom. The van der Waals surface area contributed by atoms with Gasteiger partial charge in [0.15, 0.2) is 0 Å². The minimum absolute atomic E-state index is 0. The van der Waals surface area contributed by atoms with Crippen molar-refractivity contribution in [1.82, 2.24) is 4.90 Å². The molecule has 0 aliphatic heterocycles. The van der Waals surface area contributed by atoms with Crippen LogP contribution in [-0.4, -0.2) is 30.2 Å². The van der Waals surface area contributed by atoms with Crippen molar-refractivity contribution < 1.29 is 9.50 Å². The van der Waals surface area contributed by atoms with E-state index in [9.17, 15) is 4.39 Å². The largest absolute Gasteiger partial charge is 0.395 e. The molecule has 80 valence electrons. The zero-order valence-corrected chi connectivity index (χ0v) is 9.82. The van der Waals surface area contributed by atoms with Gasteiger partial charge in [-0.15, -0.1) is 17.0 Å². The van der Waals surface area contributed by atoms with Crippen LogP contribution in [0.25, 0.3) is 0 Å². The zero-order valence-electron chi connectivity index (χ0n) is 8.11. The highest BCUT2D eigenvalue weighted by atomic mass is 79.9. The first kappa shape index (κ1) is 13.5. The van der Waals surface area contributed by atoms with Crippen LogP contribution in [0.15, 0.2) is 24.3 Å². The summed E-state index contributed by atoms with van der Waals surface area (Å²) in [5.41, 5.74) is 0.927. The van der Waals surface area contributed by atoms with Gasteiger partial charge in [-0.2, -0.15) is 0 Å². The van der Waals surface area contributed by atoms with Crippen LogP contribution in [0.1, 0.15) is 5.56 Å². The molecule has 0 aliphatic carbocycles. The summed E-state index contributed by atoms with van der Waals surface area (Å²) in [6, 6.07) is 6.50. The normalized spacial score (nSPS) is 10.0. The molecule has 0 bridgehead atoms. The van der Waals surface area contributed by atoms with E-state index in [1.165, 1.54) is 12.1 Å². The van der Waals surface area contributed by atoms with Crippen LogP contribution in [0.3, 0.4) is 0 Å². The first-order chi connectivity index (χ1) is 6.22. The maximum absolute atomic E-state index is 12.7. The molecule has 0 fully saturated rings. The minimum atomic E-state index is -0.213. The standard InChI is InChI=1S/C10H14FNO.BrH/c1-12(5-6-13)8-9-3-2-4-10(11)7-9;/h2-4,7,13H,5-6,8H2,1H3;1H. The predicted molar refractivity (Wildman–Crippen MR) is 60.1 cm³/mol. The van der Waals surface area contributed by atoms with E-state index >= 15 is 0 Å². The zero-order chi connectivity index (χ0) is 9.68. The number of nitrogens with zero attached hydrogens (tertiary/aromatic N) is 1. The molecule has 1 N–H and O–H groups in total. The Morgan fingerprint density at radius 2 is 2.14 bits per heavy atom. The molecule has 0 atom stereocenters. The third-order valence-electron chi connectivity index (χ3n) is 1.82. The van der Waals surface area contributed by atoms with Crippen molar-refractivity contribution in [2.24, 2.45) is 0 Å². The van der Waals surface area contributed by atoms with Gasteiger partial charge >= 0.3 is 0 Å². The molecular formula is C10H15BrFNO. The Bertz CT molecular complexity index is 270. The summed E-state index contributed by atoms with van der Waals surface area (Å²) >= 11 is 0. The second-order valence-corrected chi connectivity index (χ2v) is 3.09. The van der Waals surface area contributed by atoms with Crippen molar-refractivity contribution in [2.45, 2.75) is 6.54 Å². The molecule has 0 amide bonds. The second-order valence-electron chi connectivity index (χ2n) is 3.09. The highest BCUT2D eigenvalue weighted by Crippen LogP contribution is 2.05. The Morgan fingerprint density at radius 3 is 2.71 bits per heavy atom. The highest BCUT2D eigenvalue weighted by Gasteiger charge is 1.99. The van der Waals surface area contributed by atoms with Gasteiger partial charge in [0.1, 0.15) is 5.82 Å². The Hall–Kier alpha value is -0.450. The molecule has 1 aromatic carbocycles. The Balaban J connectivity index is 0.00000169. The van der Waals surface area contributed by atoms with Gasteiger partial charge in [-0.1, -0.05) is 12.1 Å². The van der Waals surface area contributed by atoms with Crippen LogP contribution in [0.4, 0.5) is 4.39 Å². The first-order valence-corrected chi connectivity index (χ1v) is 4.26. The van der Waals surface area contributed by atoms with Gasteiger partial charge in [0.05, 0.1) is 6.61 Å². The molecule has 0 aliphatic rings. The number of rotatable bonds is 4. The van der Waals surface area contributed by atoms with Crippen LogP contribution in [0.2, 0.25) is 0 Å². The summed E-state index contributed by atoms with van der Waals surface area (Å²) < 4.78 is 12.7. The molecule has 0 unspecified atom stereocenters. The monoisotopic (exact) mass is 263 g/mol. The number of benzene rings is 1. The third-order valence-corrected chi connectivity index (χ3v) is 1.82. The van der Waals surface area contributed by atoms with Gasteiger partial charge in [0.2, 0.25) is 0 Å². The van der Waals surface area contributed by atoms with E-state index in [0.717, 1.165) is 5.56 Å². The average Bonchev–Trinajstić information content (AvgIpc) is 2.04. The fraction of sp³-hybridized carbons (Fsp3) is 0.400. The molecule has 0 spiro atoms. The summed E-state index contributed by atoms with van der Waals surface area (Å²) in [7, 11) is 1.89. The van der Waals surface area contributed by atoms with Gasteiger partial charge in [-0.3, -0.25) is 4.90 Å². The smallest absolute Gasteiger partial charge is 0.123 e. The van der Waals surface area contributed by atoms with E-state index in [-0.39, 0.29) is 29.4 Å². The van der Waals surface area contributed by atoms with Crippen molar-refractivity contribution in [2.75, 3.05) is 20.2 Å². The fourth-order valence-corrected chi connectivity index (χ4v) is 1.20. The molecule has 4 heteroatoms. The third kappa shape index (κ3) is 4.69. The summed E-state index contributed by atoms with van der Waals surface area (Å²) in [5.74, 6) is -0.213. The summed E-state index contributed by atoms with van der Waals surface area (Å²) in [6.45, 7) is 1.40. The quantitative estimate of drug-likeness (QED) is 0.896. The molecule has 1 rings (SSSR count). The number of aliphatic hydroxyl groups excluding tert-OH is 1. The molecule has 2 nitrogen and oxygen atoms in total.